The molecule has 0 aliphatic rings. The van der Waals surface area contributed by atoms with Gasteiger partial charge >= 0.3 is 6.03 Å². The maximum absolute atomic E-state index is 13.2. The molecule has 0 fully saturated rings. The maximum Gasteiger partial charge on any atom is 0.321 e. The van der Waals surface area contributed by atoms with Crippen LogP contribution in [0.3, 0.4) is 0 Å². The molecule has 0 spiro atoms. The van der Waals surface area contributed by atoms with Gasteiger partial charge in [-0.05, 0) is 31.2 Å². The van der Waals surface area contributed by atoms with Crippen LogP contribution in [-0.2, 0) is 4.79 Å². The van der Waals surface area contributed by atoms with Crippen LogP contribution in [0.25, 0.3) is 22.0 Å². The third-order valence-electron chi connectivity index (χ3n) is 3.89. The summed E-state index contributed by atoms with van der Waals surface area (Å²) < 4.78 is 13.2. The van der Waals surface area contributed by atoms with E-state index >= 15 is 0 Å². The molecule has 2 N–H and O–H groups in total. The van der Waals surface area contributed by atoms with Crippen LogP contribution in [0.15, 0.2) is 53.6 Å². The maximum atomic E-state index is 13.2. The van der Waals surface area contributed by atoms with Crippen LogP contribution in [0.2, 0.25) is 0 Å². The Bertz CT molecular complexity index is 995. The number of nitrogens with zero attached hydrogens (tertiary/aromatic N) is 2. The van der Waals surface area contributed by atoms with Crippen molar-refractivity contribution in [1.29, 1.82) is 0 Å². The molecule has 0 saturated heterocycles. The van der Waals surface area contributed by atoms with Crippen molar-refractivity contribution in [3.05, 3.63) is 54.3 Å². The van der Waals surface area contributed by atoms with Crippen LogP contribution in [0.1, 0.15) is 6.92 Å². The van der Waals surface area contributed by atoms with Crippen molar-refractivity contribution in [2.75, 3.05) is 7.05 Å². The van der Waals surface area contributed by atoms with Crippen LogP contribution < -0.4 is 10.6 Å². The SMILES string of the molecule is CNC(=O)NC(=O)[C@@H](C)Sc1nnc(-c2ccc(F)cc2)c2ccccc12. The summed E-state index contributed by atoms with van der Waals surface area (Å²) in [6.07, 6.45) is 0. The average molecular weight is 384 g/mol. The molecule has 3 amide bonds. The van der Waals surface area contributed by atoms with Crippen LogP contribution in [0.4, 0.5) is 9.18 Å². The predicted molar refractivity (Wildman–Crippen MR) is 103 cm³/mol. The molecule has 3 rings (SSSR count). The number of benzene rings is 2. The molecule has 2 aromatic carbocycles. The third kappa shape index (κ3) is 4.22. The summed E-state index contributed by atoms with van der Waals surface area (Å²) in [7, 11) is 1.44. The Morgan fingerprint density at radius 1 is 1.04 bits per heavy atom. The first-order chi connectivity index (χ1) is 13.0. The van der Waals surface area contributed by atoms with Gasteiger partial charge in [-0.15, -0.1) is 10.2 Å². The Balaban J connectivity index is 1.94. The number of urea groups is 1. The second kappa shape index (κ2) is 8.13. The highest BCUT2D eigenvalue weighted by Crippen LogP contribution is 2.33. The molecule has 0 bridgehead atoms. The molecule has 1 heterocycles. The molecule has 138 valence electrons. The molecule has 0 aliphatic heterocycles. The van der Waals surface area contributed by atoms with Gasteiger partial charge in [0, 0.05) is 23.4 Å². The highest BCUT2D eigenvalue weighted by molar-refractivity contribution is 8.00. The summed E-state index contributed by atoms with van der Waals surface area (Å²) in [6.45, 7) is 1.69. The van der Waals surface area contributed by atoms with Crippen LogP contribution >= 0.6 is 11.8 Å². The topological polar surface area (TPSA) is 84.0 Å². The van der Waals surface area contributed by atoms with Gasteiger partial charge in [0.15, 0.2) is 0 Å². The van der Waals surface area contributed by atoms with Crippen molar-refractivity contribution in [3.8, 4) is 11.3 Å². The quantitative estimate of drug-likeness (QED) is 0.674. The third-order valence-corrected chi connectivity index (χ3v) is 4.98. The number of imide groups is 1. The van der Waals surface area contributed by atoms with E-state index in [2.05, 4.69) is 20.8 Å². The molecule has 8 heteroatoms. The second-order valence-electron chi connectivity index (χ2n) is 5.73. The number of carbonyl (C=O) groups excluding carboxylic acids is 2. The average Bonchev–Trinajstić information content (AvgIpc) is 2.68. The number of fused-ring (bicyclic) bond motifs is 1. The van der Waals surface area contributed by atoms with Gasteiger partial charge in [-0.1, -0.05) is 36.0 Å². The minimum atomic E-state index is -0.560. The van der Waals surface area contributed by atoms with Gasteiger partial charge < -0.3 is 5.32 Å². The van der Waals surface area contributed by atoms with E-state index in [1.54, 1.807) is 19.1 Å². The van der Waals surface area contributed by atoms with E-state index in [4.69, 9.17) is 0 Å². The van der Waals surface area contributed by atoms with E-state index in [0.717, 1.165) is 16.3 Å². The smallest absolute Gasteiger partial charge is 0.321 e. The van der Waals surface area contributed by atoms with Crippen molar-refractivity contribution in [2.24, 2.45) is 0 Å². The van der Waals surface area contributed by atoms with Gasteiger partial charge in [-0.3, -0.25) is 10.1 Å². The van der Waals surface area contributed by atoms with Gasteiger partial charge in [-0.2, -0.15) is 0 Å². The highest BCUT2D eigenvalue weighted by Gasteiger charge is 2.20. The van der Waals surface area contributed by atoms with E-state index < -0.39 is 17.2 Å². The largest absolute Gasteiger partial charge is 0.341 e. The number of hydrogen-bond acceptors (Lipinski definition) is 5. The first-order valence-corrected chi connectivity index (χ1v) is 9.08. The number of nitrogens with one attached hydrogen (secondary N) is 2. The van der Waals surface area contributed by atoms with Crippen molar-refractivity contribution in [2.45, 2.75) is 17.2 Å². The Kier molecular flexibility index (Phi) is 5.66. The number of halogens is 1. The van der Waals surface area contributed by atoms with Gasteiger partial charge in [0.25, 0.3) is 0 Å². The van der Waals surface area contributed by atoms with Gasteiger partial charge in [0.1, 0.15) is 16.5 Å². The summed E-state index contributed by atoms with van der Waals surface area (Å²) in [5, 5.41) is 14.9. The molecular formula is C19H17FN4O2S. The van der Waals surface area contributed by atoms with Crippen molar-refractivity contribution in [3.63, 3.8) is 0 Å². The Morgan fingerprint density at radius 2 is 1.70 bits per heavy atom. The van der Waals surface area contributed by atoms with Gasteiger partial charge in [0.2, 0.25) is 5.91 Å². The molecule has 0 unspecified atom stereocenters. The molecule has 1 atom stereocenters. The lowest BCUT2D eigenvalue weighted by Crippen LogP contribution is -2.41. The zero-order valence-electron chi connectivity index (χ0n) is 14.7. The zero-order valence-corrected chi connectivity index (χ0v) is 15.5. The Morgan fingerprint density at radius 3 is 2.37 bits per heavy atom. The summed E-state index contributed by atoms with van der Waals surface area (Å²) in [5.74, 6) is -0.744. The fourth-order valence-electron chi connectivity index (χ4n) is 2.48. The van der Waals surface area contributed by atoms with Crippen molar-refractivity contribution >= 4 is 34.5 Å². The molecule has 3 aromatic rings. The zero-order chi connectivity index (χ0) is 19.4. The van der Waals surface area contributed by atoms with Crippen molar-refractivity contribution < 1.29 is 14.0 Å². The molecule has 1 aromatic heterocycles. The van der Waals surface area contributed by atoms with Crippen LogP contribution in [-0.4, -0.2) is 34.4 Å². The number of amides is 3. The molecule has 0 aliphatic carbocycles. The fraction of sp³-hybridized carbons (Fsp3) is 0.158. The second-order valence-corrected chi connectivity index (χ2v) is 7.06. The summed E-state index contributed by atoms with van der Waals surface area (Å²) >= 11 is 1.21. The van der Waals surface area contributed by atoms with Gasteiger partial charge in [0.05, 0.1) is 5.25 Å². The molecular weight excluding hydrogens is 367 g/mol. The first-order valence-electron chi connectivity index (χ1n) is 8.20. The lowest BCUT2D eigenvalue weighted by atomic mass is 10.1. The number of rotatable bonds is 4. The predicted octanol–water partition coefficient (Wildman–Crippen LogP) is 3.37. The Hall–Kier alpha value is -3.00. The lowest BCUT2D eigenvalue weighted by Gasteiger charge is -2.13. The number of aromatic nitrogens is 2. The fourth-order valence-corrected chi connectivity index (χ4v) is 3.38. The van der Waals surface area contributed by atoms with E-state index in [0.29, 0.717) is 10.7 Å². The van der Waals surface area contributed by atoms with Crippen molar-refractivity contribution in [1.82, 2.24) is 20.8 Å². The number of carbonyl (C=O) groups is 2. The van der Waals surface area contributed by atoms with Gasteiger partial charge in [-0.25, -0.2) is 9.18 Å². The van der Waals surface area contributed by atoms with E-state index in [1.165, 1.54) is 30.9 Å². The Labute approximate surface area is 159 Å². The van der Waals surface area contributed by atoms with E-state index in [1.807, 2.05) is 24.3 Å². The van der Waals surface area contributed by atoms with E-state index in [9.17, 15) is 14.0 Å². The molecule has 6 nitrogen and oxygen atoms in total. The number of thioether (sulfide) groups is 1. The van der Waals surface area contributed by atoms with E-state index in [-0.39, 0.29) is 5.82 Å². The molecule has 0 radical (unpaired) electrons. The first kappa shape index (κ1) is 18.8. The highest BCUT2D eigenvalue weighted by atomic mass is 32.2. The lowest BCUT2D eigenvalue weighted by molar-refractivity contribution is -0.119. The molecule has 27 heavy (non-hydrogen) atoms. The van der Waals surface area contributed by atoms with Crippen LogP contribution in [0.5, 0.6) is 0 Å². The normalized spacial score (nSPS) is 11.8. The minimum absolute atomic E-state index is 0.320. The monoisotopic (exact) mass is 384 g/mol. The molecule has 0 saturated carbocycles. The number of hydrogen-bond donors (Lipinski definition) is 2. The standard InChI is InChI=1S/C19H17FN4O2S/c1-11(17(25)22-19(26)21-2)27-18-15-6-4-3-5-14(15)16(23-24-18)12-7-9-13(20)10-8-12/h3-11H,1-2H3,(H2,21,22,25,26)/t11-/m1/s1. The summed E-state index contributed by atoms with van der Waals surface area (Å²) in [4.78, 5) is 23.4. The summed E-state index contributed by atoms with van der Waals surface area (Å²) in [6, 6.07) is 13.0. The summed E-state index contributed by atoms with van der Waals surface area (Å²) in [5.41, 5.74) is 1.39. The minimum Gasteiger partial charge on any atom is -0.341 e. The van der Waals surface area contributed by atoms with Crippen LogP contribution in [0, 0.1) is 5.82 Å².